The maximum atomic E-state index is 11.5. The third kappa shape index (κ3) is 7.70. The van der Waals surface area contributed by atoms with E-state index in [9.17, 15) is 13.2 Å². The Labute approximate surface area is 191 Å². The zero-order valence-electron chi connectivity index (χ0n) is 18.7. The van der Waals surface area contributed by atoms with Crippen molar-refractivity contribution in [3.8, 4) is 0 Å². The molecule has 0 radical (unpaired) electrons. The Bertz CT molecular complexity index is 905. The molecule has 1 fully saturated rings. The quantitative estimate of drug-likeness (QED) is 0.399. The molecule has 8 heteroatoms. The number of carbonyl (C=O) groups is 1. The summed E-state index contributed by atoms with van der Waals surface area (Å²) < 4.78 is 33.2. The monoisotopic (exact) mass is 460 g/mol. The molecular weight excluding hydrogens is 428 g/mol. The summed E-state index contributed by atoms with van der Waals surface area (Å²) in [5, 5.41) is 0. The van der Waals surface area contributed by atoms with E-state index in [0.29, 0.717) is 13.0 Å². The highest BCUT2D eigenvalue weighted by molar-refractivity contribution is 7.86. The average Bonchev–Trinajstić information content (AvgIpc) is 2.77. The van der Waals surface area contributed by atoms with Gasteiger partial charge < -0.3 is 9.64 Å². The van der Waals surface area contributed by atoms with Crippen molar-refractivity contribution >= 4 is 16.1 Å². The summed E-state index contributed by atoms with van der Waals surface area (Å²) >= 11 is 0. The Balaban J connectivity index is 1.59. The molecule has 0 aromatic heterocycles. The Hall–Kier alpha value is -2.26. The molecular formula is C24H32N2O5S. The maximum Gasteiger partial charge on any atom is 0.302 e. The van der Waals surface area contributed by atoms with Crippen LogP contribution in [0.2, 0.25) is 0 Å². The van der Waals surface area contributed by atoms with E-state index in [1.54, 1.807) is 0 Å². The van der Waals surface area contributed by atoms with Gasteiger partial charge in [-0.15, -0.1) is 0 Å². The van der Waals surface area contributed by atoms with Crippen LogP contribution in [-0.2, 0) is 23.8 Å². The molecule has 2 aromatic carbocycles. The first-order valence-electron chi connectivity index (χ1n) is 10.9. The minimum Gasteiger partial charge on any atom is -0.463 e. The van der Waals surface area contributed by atoms with Crippen LogP contribution in [0, 0.1) is 0 Å². The van der Waals surface area contributed by atoms with Crippen molar-refractivity contribution in [1.82, 2.24) is 9.80 Å². The zero-order chi connectivity index (χ0) is 23.0. The van der Waals surface area contributed by atoms with Crippen LogP contribution in [0.3, 0.4) is 0 Å². The molecule has 0 saturated carbocycles. The first kappa shape index (κ1) is 24.4. The van der Waals surface area contributed by atoms with Crippen LogP contribution in [0.1, 0.15) is 30.5 Å². The predicted octanol–water partition coefficient (Wildman–Crippen LogP) is 2.69. The van der Waals surface area contributed by atoms with Gasteiger partial charge in [0, 0.05) is 39.6 Å². The number of carbonyl (C=O) groups excluding carboxylic acids is 1. The van der Waals surface area contributed by atoms with Crippen LogP contribution in [-0.4, -0.2) is 75.9 Å². The molecule has 2 aromatic rings. The van der Waals surface area contributed by atoms with E-state index in [-0.39, 0.29) is 12.6 Å². The summed E-state index contributed by atoms with van der Waals surface area (Å²) in [6.07, 6.45) is 0.814. The highest BCUT2D eigenvalue weighted by Gasteiger charge is 2.27. The SMILES string of the molecule is CC(=O)OCC(CCN1CCN(C(c2ccccc2)c2ccccc2)CC1)OS(C)(=O)=O. The molecule has 0 aliphatic carbocycles. The van der Waals surface area contributed by atoms with Gasteiger partial charge in [-0.1, -0.05) is 60.7 Å². The van der Waals surface area contributed by atoms with Gasteiger partial charge >= 0.3 is 5.97 Å². The van der Waals surface area contributed by atoms with E-state index in [2.05, 4.69) is 58.3 Å². The third-order valence-electron chi connectivity index (χ3n) is 5.55. The van der Waals surface area contributed by atoms with Crippen LogP contribution in [0.25, 0.3) is 0 Å². The molecule has 0 spiro atoms. The van der Waals surface area contributed by atoms with Gasteiger partial charge in [0.15, 0.2) is 0 Å². The van der Waals surface area contributed by atoms with Crippen molar-refractivity contribution in [2.45, 2.75) is 25.5 Å². The third-order valence-corrected chi connectivity index (χ3v) is 6.18. The highest BCUT2D eigenvalue weighted by Crippen LogP contribution is 2.29. The van der Waals surface area contributed by atoms with Gasteiger partial charge in [0.25, 0.3) is 10.1 Å². The van der Waals surface area contributed by atoms with Gasteiger partial charge in [0.05, 0.1) is 12.3 Å². The largest absolute Gasteiger partial charge is 0.463 e. The molecule has 7 nitrogen and oxygen atoms in total. The molecule has 1 aliphatic rings. The molecule has 1 heterocycles. The first-order valence-corrected chi connectivity index (χ1v) is 12.7. The summed E-state index contributed by atoms with van der Waals surface area (Å²) in [5.74, 6) is -0.450. The number of benzene rings is 2. The second-order valence-corrected chi connectivity index (χ2v) is 9.72. The van der Waals surface area contributed by atoms with Crippen LogP contribution in [0.15, 0.2) is 60.7 Å². The van der Waals surface area contributed by atoms with E-state index < -0.39 is 22.2 Å². The molecule has 0 bridgehead atoms. The Morgan fingerprint density at radius 2 is 1.47 bits per heavy atom. The zero-order valence-corrected chi connectivity index (χ0v) is 19.5. The number of nitrogens with zero attached hydrogens (tertiary/aromatic N) is 2. The normalized spacial score (nSPS) is 16.7. The lowest BCUT2D eigenvalue weighted by Crippen LogP contribution is -2.48. The summed E-state index contributed by atoms with van der Waals surface area (Å²) in [7, 11) is -3.62. The summed E-state index contributed by atoms with van der Waals surface area (Å²) in [6.45, 7) is 5.45. The topological polar surface area (TPSA) is 76.2 Å². The molecule has 32 heavy (non-hydrogen) atoms. The first-order chi connectivity index (χ1) is 15.3. The summed E-state index contributed by atoms with van der Waals surface area (Å²) in [4.78, 5) is 15.9. The van der Waals surface area contributed by atoms with E-state index in [0.717, 1.165) is 32.4 Å². The molecule has 3 rings (SSSR count). The molecule has 1 unspecified atom stereocenters. The van der Waals surface area contributed by atoms with Crippen molar-refractivity contribution in [2.75, 3.05) is 45.6 Å². The lowest BCUT2D eigenvalue weighted by Gasteiger charge is -2.40. The van der Waals surface area contributed by atoms with Gasteiger partial charge in [-0.2, -0.15) is 8.42 Å². The van der Waals surface area contributed by atoms with Gasteiger partial charge in [0.1, 0.15) is 12.7 Å². The molecule has 174 valence electrons. The molecule has 1 saturated heterocycles. The van der Waals surface area contributed by atoms with Crippen LogP contribution in [0.5, 0.6) is 0 Å². The minimum atomic E-state index is -3.62. The number of hydrogen-bond acceptors (Lipinski definition) is 7. The van der Waals surface area contributed by atoms with E-state index in [1.807, 2.05) is 12.1 Å². The Kier molecular flexibility index (Phi) is 8.81. The van der Waals surface area contributed by atoms with Crippen LogP contribution in [0.4, 0.5) is 0 Å². The lowest BCUT2D eigenvalue weighted by molar-refractivity contribution is -0.143. The minimum absolute atomic E-state index is 0.0630. The number of ether oxygens (including phenoxy) is 1. The van der Waals surface area contributed by atoms with Gasteiger partial charge in [-0.05, 0) is 17.5 Å². The second-order valence-electron chi connectivity index (χ2n) is 8.12. The van der Waals surface area contributed by atoms with Crippen LogP contribution < -0.4 is 0 Å². The van der Waals surface area contributed by atoms with Crippen molar-refractivity contribution in [1.29, 1.82) is 0 Å². The fourth-order valence-corrected chi connectivity index (χ4v) is 4.72. The second kappa shape index (κ2) is 11.6. The van der Waals surface area contributed by atoms with E-state index in [4.69, 9.17) is 8.92 Å². The van der Waals surface area contributed by atoms with E-state index >= 15 is 0 Å². The fraction of sp³-hybridized carbons (Fsp3) is 0.458. The average molecular weight is 461 g/mol. The van der Waals surface area contributed by atoms with Gasteiger partial charge in [-0.25, -0.2) is 0 Å². The smallest absolute Gasteiger partial charge is 0.302 e. The molecule has 1 aliphatic heterocycles. The van der Waals surface area contributed by atoms with Gasteiger partial charge in [0.2, 0.25) is 0 Å². The number of esters is 1. The maximum absolute atomic E-state index is 11.5. The van der Waals surface area contributed by atoms with Crippen LogP contribution >= 0.6 is 0 Å². The molecule has 0 N–H and O–H groups in total. The summed E-state index contributed by atoms with van der Waals surface area (Å²) in [5.41, 5.74) is 2.55. The fourth-order valence-electron chi connectivity index (χ4n) is 4.07. The molecule has 0 amide bonds. The van der Waals surface area contributed by atoms with Crippen molar-refractivity contribution in [3.63, 3.8) is 0 Å². The van der Waals surface area contributed by atoms with Gasteiger partial charge in [-0.3, -0.25) is 13.9 Å². The summed E-state index contributed by atoms with van der Waals surface area (Å²) in [6, 6.07) is 21.3. The number of rotatable bonds is 10. The Morgan fingerprint density at radius 3 is 1.94 bits per heavy atom. The van der Waals surface area contributed by atoms with Crippen molar-refractivity contribution in [2.24, 2.45) is 0 Å². The number of hydrogen-bond donors (Lipinski definition) is 0. The standard InChI is InChI=1S/C24H32N2O5S/c1-20(27)30-19-23(31-32(2,28)29)13-14-25-15-17-26(18-16-25)24(21-9-5-3-6-10-21)22-11-7-4-8-12-22/h3-12,23-24H,13-19H2,1-2H3. The lowest BCUT2D eigenvalue weighted by atomic mass is 9.96. The predicted molar refractivity (Wildman–Crippen MR) is 124 cm³/mol. The molecule has 1 atom stereocenters. The number of piperazine rings is 1. The highest BCUT2D eigenvalue weighted by atomic mass is 32.2. The van der Waals surface area contributed by atoms with E-state index in [1.165, 1.54) is 18.1 Å². The van der Waals surface area contributed by atoms with Crippen molar-refractivity contribution < 1.29 is 22.1 Å². The van der Waals surface area contributed by atoms with Crippen molar-refractivity contribution in [3.05, 3.63) is 71.8 Å². The Morgan fingerprint density at radius 1 is 0.938 bits per heavy atom.